The minimum atomic E-state index is 0.266. The zero-order chi connectivity index (χ0) is 20.3. The summed E-state index contributed by atoms with van der Waals surface area (Å²) in [6.07, 6.45) is 13.9. The molecule has 2 heteroatoms. The summed E-state index contributed by atoms with van der Waals surface area (Å²) in [5.74, 6) is 0. The van der Waals surface area contributed by atoms with Gasteiger partial charge in [-0.1, -0.05) is 51.0 Å². The molecule has 0 spiro atoms. The fourth-order valence-electron chi connectivity index (χ4n) is 4.87. The van der Waals surface area contributed by atoms with Gasteiger partial charge in [0.25, 0.3) is 0 Å². The summed E-state index contributed by atoms with van der Waals surface area (Å²) in [4.78, 5) is 5.43. The lowest BCUT2D eigenvalue weighted by atomic mass is 9.77. The molecule has 0 radical (unpaired) electrons. The molecule has 1 unspecified atom stereocenters. The lowest BCUT2D eigenvalue weighted by molar-refractivity contribution is -0.0147. The second-order valence-electron chi connectivity index (χ2n) is 11.1. The number of piperidine rings is 1. The molecule has 0 N–H and O–H groups in total. The summed E-state index contributed by atoms with van der Waals surface area (Å²) >= 11 is 0. The van der Waals surface area contributed by atoms with Gasteiger partial charge < -0.3 is 0 Å². The number of hydrogen-bond acceptors (Lipinski definition) is 2. The largest absolute Gasteiger partial charge is 0.299 e. The van der Waals surface area contributed by atoms with Gasteiger partial charge in [-0.25, -0.2) is 0 Å². The Morgan fingerprint density at radius 1 is 1.15 bits per heavy atom. The molecule has 2 nitrogen and oxygen atoms in total. The maximum absolute atomic E-state index is 2.73. The molecule has 1 atom stereocenters. The molecule has 1 heterocycles. The van der Waals surface area contributed by atoms with E-state index < -0.39 is 0 Å². The van der Waals surface area contributed by atoms with Crippen molar-refractivity contribution in [2.24, 2.45) is 5.41 Å². The van der Waals surface area contributed by atoms with E-state index in [9.17, 15) is 0 Å². The fraction of sp³-hybridized carbons (Fsp3) is 0.840. The zero-order valence-corrected chi connectivity index (χ0v) is 19.6. The van der Waals surface area contributed by atoms with E-state index in [0.29, 0.717) is 11.0 Å². The van der Waals surface area contributed by atoms with Crippen molar-refractivity contribution in [1.29, 1.82) is 0 Å². The first-order chi connectivity index (χ1) is 12.5. The van der Waals surface area contributed by atoms with E-state index in [-0.39, 0.29) is 5.54 Å². The second-order valence-corrected chi connectivity index (χ2v) is 11.1. The van der Waals surface area contributed by atoms with Crippen LogP contribution in [0, 0.1) is 5.41 Å². The van der Waals surface area contributed by atoms with Crippen molar-refractivity contribution < 1.29 is 0 Å². The average Bonchev–Trinajstić information content (AvgIpc) is 2.59. The van der Waals surface area contributed by atoms with Crippen molar-refractivity contribution in [2.45, 2.75) is 104 Å². The van der Waals surface area contributed by atoms with Gasteiger partial charge in [0.15, 0.2) is 0 Å². The predicted molar refractivity (Wildman–Crippen MR) is 120 cm³/mol. The first kappa shape index (κ1) is 22.7. The third kappa shape index (κ3) is 5.94. The Labute approximate surface area is 170 Å². The molecule has 2 aliphatic rings. The van der Waals surface area contributed by atoms with Gasteiger partial charge in [0.2, 0.25) is 0 Å². The van der Waals surface area contributed by atoms with Gasteiger partial charge in [0.1, 0.15) is 0 Å². The quantitative estimate of drug-likeness (QED) is 0.528. The van der Waals surface area contributed by atoms with Crippen molar-refractivity contribution >= 4 is 0 Å². The highest BCUT2D eigenvalue weighted by Gasteiger charge is 2.41. The van der Waals surface area contributed by atoms with Crippen LogP contribution in [-0.4, -0.2) is 47.6 Å². The van der Waals surface area contributed by atoms with Crippen molar-refractivity contribution in [3.8, 4) is 0 Å². The molecule has 1 aliphatic carbocycles. The third-order valence-corrected chi connectivity index (χ3v) is 6.89. The first-order valence-electron chi connectivity index (χ1n) is 11.3. The number of likely N-dealkylation sites (N-methyl/N-ethyl adjacent to an activating group) is 1. The minimum absolute atomic E-state index is 0.266. The van der Waals surface area contributed by atoms with Crippen LogP contribution in [0.1, 0.15) is 93.4 Å². The molecule has 1 saturated heterocycles. The van der Waals surface area contributed by atoms with Crippen LogP contribution < -0.4 is 0 Å². The highest BCUT2D eigenvalue weighted by molar-refractivity contribution is 5.31. The molecular formula is C25H46N2. The Balaban J connectivity index is 2.16. The van der Waals surface area contributed by atoms with E-state index in [2.05, 4.69) is 77.5 Å². The molecule has 1 fully saturated rings. The Kier molecular flexibility index (Phi) is 7.41. The highest BCUT2D eigenvalue weighted by Crippen LogP contribution is 2.38. The van der Waals surface area contributed by atoms with E-state index in [1.54, 1.807) is 11.1 Å². The lowest BCUT2D eigenvalue weighted by Crippen LogP contribution is -2.61. The number of likely N-dealkylation sites (tertiary alicyclic amines) is 1. The van der Waals surface area contributed by atoms with Gasteiger partial charge >= 0.3 is 0 Å². The number of rotatable bonds is 6. The van der Waals surface area contributed by atoms with Crippen molar-refractivity contribution in [1.82, 2.24) is 9.80 Å². The first-order valence-corrected chi connectivity index (χ1v) is 11.3. The van der Waals surface area contributed by atoms with Gasteiger partial charge in [-0.05, 0) is 91.3 Å². The molecule has 1 aliphatic heterocycles. The van der Waals surface area contributed by atoms with Gasteiger partial charge in [0.05, 0.1) is 0 Å². The predicted octanol–water partition coefficient (Wildman–Crippen LogP) is 6.43. The van der Waals surface area contributed by atoms with Gasteiger partial charge in [-0.15, -0.1) is 0 Å². The SMILES string of the molecule is CCCN(C)C1(CCC2=CCCC(C(C)(C)C)=C2)CCCN(C(C)(C)C)C1. The topological polar surface area (TPSA) is 6.48 Å². The van der Waals surface area contributed by atoms with Gasteiger partial charge in [0, 0.05) is 17.6 Å². The zero-order valence-electron chi connectivity index (χ0n) is 19.6. The number of nitrogens with zero attached hydrogens (tertiary/aromatic N) is 2. The highest BCUT2D eigenvalue weighted by atomic mass is 15.3. The van der Waals surface area contributed by atoms with E-state index in [1.807, 2.05) is 0 Å². The lowest BCUT2D eigenvalue weighted by Gasteiger charge is -2.52. The van der Waals surface area contributed by atoms with E-state index in [1.165, 1.54) is 64.6 Å². The molecular weight excluding hydrogens is 328 g/mol. The van der Waals surface area contributed by atoms with Crippen LogP contribution in [0.5, 0.6) is 0 Å². The Hall–Kier alpha value is -0.600. The van der Waals surface area contributed by atoms with Crippen LogP contribution in [0.4, 0.5) is 0 Å². The summed E-state index contributed by atoms with van der Waals surface area (Å²) in [5, 5.41) is 0. The molecule has 0 aromatic heterocycles. The summed E-state index contributed by atoms with van der Waals surface area (Å²) in [6, 6.07) is 0. The van der Waals surface area contributed by atoms with E-state index in [4.69, 9.17) is 0 Å². The van der Waals surface area contributed by atoms with Gasteiger partial charge in [-0.3, -0.25) is 9.80 Å². The van der Waals surface area contributed by atoms with Crippen molar-refractivity contribution in [3.63, 3.8) is 0 Å². The maximum Gasteiger partial charge on any atom is 0.0337 e. The van der Waals surface area contributed by atoms with Gasteiger partial charge in [-0.2, -0.15) is 0 Å². The normalized spacial score (nSPS) is 25.5. The third-order valence-electron chi connectivity index (χ3n) is 6.89. The molecule has 0 saturated carbocycles. The molecule has 27 heavy (non-hydrogen) atoms. The summed E-state index contributed by atoms with van der Waals surface area (Å²) < 4.78 is 0. The number of hydrogen-bond donors (Lipinski definition) is 0. The summed E-state index contributed by atoms with van der Waals surface area (Å²) in [6.45, 7) is 20.2. The van der Waals surface area contributed by atoms with Crippen LogP contribution in [0.2, 0.25) is 0 Å². The van der Waals surface area contributed by atoms with E-state index >= 15 is 0 Å². The minimum Gasteiger partial charge on any atom is -0.299 e. The van der Waals surface area contributed by atoms with Crippen LogP contribution in [0.15, 0.2) is 23.3 Å². The van der Waals surface area contributed by atoms with Crippen LogP contribution in [-0.2, 0) is 0 Å². The standard InChI is InChI=1S/C25H46N2/c1-9-17-26(8)25(15-11-18-27(20-25)24(5,6)7)16-14-21-12-10-13-22(19-21)23(2,3)4/h12,19H,9-11,13-18,20H2,1-8H3. The van der Waals surface area contributed by atoms with Crippen LogP contribution in [0.3, 0.4) is 0 Å². The van der Waals surface area contributed by atoms with Crippen molar-refractivity contribution in [3.05, 3.63) is 23.3 Å². The molecule has 0 bridgehead atoms. The molecule has 0 aromatic carbocycles. The average molecular weight is 375 g/mol. The Bertz CT molecular complexity index is 544. The fourth-order valence-corrected chi connectivity index (χ4v) is 4.87. The summed E-state index contributed by atoms with van der Waals surface area (Å²) in [5.41, 5.74) is 4.13. The molecule has 0 amide bonds. The van der Waals surface area contributed by atoms with Crippen molar-refractivity contribution in [2.75, 3.05) is 26.7 Å². The molecule has 2 rings (SSSR count). The Morgan fingerprint density at radius 3 is 2.44 bits per heavy atom. The maximum atomic E-state index is 2.73. The molecule has 0 aromatic rings. The number of allylic oxidation sites excluding steroid dienone is 4. The second kappa shape index (κ2) is 8.82. The van der Waals surface area contributed by atoms with Crippen LogP contribution in [0.25, 0.3) is 0 Å². The molecule has 156 valence electrons. The monoisotopic (exact) mass is 374 g/mol. The smallest absolute Gasteiger partial charge is 0.0337 e. The summed E-state index contributed by atoms with van der Waals surface area (Å²) in [7, 11) is 2.38. The Morgan fingerprint density at radius 2 is 1.85 bits per heavy atom. The van der Waals surface area contributed by atoms with Crippen LogP contribution >= 0.6 is 0 Å². The van der Waals surface area contributed by atoms with E-state index in [0.717, 1.165) is 0 Å².